The Morgan fingerprint density at radius 1 is 1.19 bits per heavy atom. The zero-order valence-corrected chi connectivity index (χ0v) is 11.5. The Labute approximate surface area is 123 Å². The van der Waals surface area contributed by atoms with Gasteiger partial charge >= 0.3 is 6.18 Å². The predicted molar refractivity (Wildman–Crippen MR) is 71.7 cm³/mol. The second-order valence-corrected chi connectivity index (χ2v) is 4.43. The smallest absolute Gasteiger partial charge is 0.417 e. The van der Waals surface area contributed by atoms with Gasteiger partial charge in [0, 0.05) is 18.0 Å². The zero-order valence-electron chi connectivity index (χ0n) is 10.7. The van der Waals surface area contributed by atoms with E-state index >= 15 is 0 Å². The summed E-state index contributed by atoms with van der Waals surface area (Å²) in [7, 11) is 1.42. The van der Waals surface area contributed by atoms with Gasteiger partial charge in [-0.05, 0) is 18.2 Å². The van der Waals surface area contributed by atoms with Crippen molar-refractivity contribution in [1.82, 2.24) is 4.98 Å². The second-order valence-electron chi connectivity index (χ2n) is 4.02. The molecule has 0 unspecified atom stereocenters. The molecule has 1 aromatic heterocycles. The van der Waals surface area contributed by atoms with E-state index in [1.807, 2.05) is 0 Å². The Bertz CT molecular complexity index is 662. The van der Waals surface area contributed by atoms with Gasteiger partial charge in [-0.3, -0.25) is 0 Å². The number of rotatable bonds is 3. The van der Waals surface area contributed by atoms with Crippen LogP contribution in [0.3, 0.4) is 0 Å². The summed E-state index contributed by atoms with van der Waals surface area (Å²) in [4.78, 5) is 3.57. The highest BCUT2D eigenvalue weighted by Crippen LogP contribution is 2.37. The lowest BCUT2D eigenvalue weighted by molar-refractivity contribution is -0.137. The highest BCUT2D eigenvalue weighted by Gasteiger charge is 2.31. The summed E-state index contributed by atoms with van der Waals surface area (Å²) in [6, 6.07) is 5.34. The van der Waals surface area contributed by atoms with Crippen LogP contribution in [0.2, 0.25) is 5.02 Å². The lowest BCUT2D eigenvalue weighted by Crippen LogP contribution is -2.06. The minimum Gasteiger partial charge on any atom is -0.493 e. The van der Waals surface area contributed by atoms with Crippen molar-refractivity contribution in [3.63, 3.8) is 0 Å². The number of nitrogen functional groups attached to an aromatic ring is 1. The maximum Gasteiger partial charge on any atom is 0.417 e. The number of aromatic nitrogens is 1. The van der Waals surface area contributed by atoms with Gasteiger partial charge in [0.2, 0.25) is 5.88 Å². The van der Waals surface area contributed by atoms with Crippen molar-refractivity contribution < 1.29 is 22.6 Å². The summed E-state index contributed by atoms with van der Waals surface area (Å²) in [5.74, 6) is 0.377. The molecule has 0 spiro atoms. The van der Waals surface area contributed by atoms with Crippen LogP contribution in [-0.2, 0) is 6.18 Å². The number of anilines is 1. The van der Waals surface area contributed by atoms with Crippen molar-refractivity contribution in [2.24, 2.45) is 0 Å². The largest absolute Gasteiger partial charge is 0.493 e. The van der Waals surface area contributed by atoms with Crippen LogP contribution < -0.4 is 15.2 Å². The van der Waals surface area contributed by atoms with E-state index in [4.69, 9.17) is 26.8 Å². The number of nitrogens with zero attached hydrogens (tertiary/aromatic N) is 1. The number of nitrogens with two attached hydrogens (primary N) is 1. The van der Waals surface area contributed by atoms with Crippen molar-refractivity contribution in [3.8, 4) is 17.4 Å². The van der Waals surface area contributed by atoms with Gasteiger partial charge < -0.3 is 15.2 Å². The van der Waals surface area contributed by atoms with Gasteiger partial charge in [-0.15, -0.1) is 0 Å². The Hall–Kier alpha value is -2.15. The first-order chi connectivity index (χ1) is 9.81. The van der Waals surface area contributed by atoms with Crippen molar-refractivity contribution in [2.75, 3.05) is 12.8 Å². The first-order valence-electron chi connectivity index (χ1n) is 5.65. The third kappa shape index (κ3) is 3.49. The van der Waals surface area contributed by atoms with Gasteiger partial charge in [0.05, 0.1) is 12.7 Å². The summed E-state index contributed by atoms with van der Waals surface area (Å²) in [6.07, 6.45) is -3.88. The van der Waals surface area contributed by atoms with E-state index in [2.05, 4.69) is 4.98 Å². The molecule has 0 aliphatic rings. The number of alkyl halides is 3. The van der Waals surface area contributed by atoms with Crippen LogP contribution in [0, 0.1) is 0 Å². The average Bonchev–Trinajstić information content (AvgIpc) is 2.40. The highest BCUT2D eigenvalue weighted by atomic mass is 35.5. The van der Waals surface area contributed by atoms with E-state index in [-0.39, 0.29) is 16.7 Å². The number of benzene rings is 1. The molecule has 1 aromatic carbocycles. The van der Waals surface area contributed by atoms with Crippen molar-refractivity contribution >= 4 is 17.3 Å². The quantitative estimate of drug-likeness (QED) is 0.864. The molecule has 0 fully saturated rings. The number of ether oxygens (including phenoxy) is 2. The fraction of sp³-hybridized carbons (Fsp3) is 0.154. The van der Waals surface area contributed by atoms with Gasteiger partial charge in [0.15, 0.2) is 11.5 Å². The van der Waals surface area contributed by atoms with Gasteiger partial charge in [0.25, 0.3) is 0 Å². The maximum absolute atomic E-state index is 12.5. The highest BCUT2D eigenvalue weighted by molar-refractivity contribution is 6.31. The van der Waals surface area contributed by atoms with Gasteiger partial charge in [0.1, 0.15) is 5.02 Å². The molecule has 1 heterocycles. The summed E-state index contributed by atoms with van der Waals surface area (Å²) in [6.45, 7) is 0. The number of hydrogen-bond acceptors (Lipinski definition) is 4. The third-order valence-electron chi connectivity index (χ3n) is 2.53. The van der Waals surface area contributed by atoms with E-state index in [1.54, 1.807) is 12.1 Å². The van der Waals surface area contributed by atoms with Crippen LogP contribution in [-0.4, -0.2) is 12.1 Å². The molecule has 0 saturated heterocycles. The minimum absolute atomic E-state index is 0.173. The lowest BCUT2D eigenvalue weighted by Gasteiger charge is -2.12. The average molecular weight is 319 g/mol. The van der Waals surface area contributed by atoms with Gasteiger partial charge in [-0.1, -0.05) is 11.6 Å². The molecule has 8 heteroatoms. The molecule has 0 radical (unpaired) electrons. The number of pyridine rings is 1. The van der Waals surface area contributed by atoms with Crippen LogP contribution in [0.5, 0.6) is 17.4 Å². The first kappa shape index (κ1) is 15.2. The third-order valence-corrected chi connectivity index (χ3v) is 2.80. The van der Waals surface area contributed by atoms with Crippen molar-refractivity contribution in [2.45, 2.75) is 6.18 Å². The number of methoxy groups -OCH3 is 1. The van der Waals surface area contributed by atoms with Crippen LogP contribution >= 0.6 is 11.6 Å². The summed E-state index contributed by atoms with van der Waals surface area (Å²) in [5.41, 5.74) is 5.06. The minimum atomic E-state index is -4.52. The van der Waals surface area contributed by atoms with E-state index in [0.29, 0.717) is 17.6 Å². The molecule has 21 heavy (non-hydrogen) atoms. The SMILES string of the molecule is COc1ccc(N)cc1Oc1ncc(C(F)(F)F)cc1Cl. The van der Waals surface area contributed by atoms with Crippen LogP contribution in [0.15, 0.2) is 30.5 Å². The predicted octanol–water partition coefficient (Wildman–Crippen LogP) is 4.14. The second kappa shape index (κ2) is 5.69. The van der Waals surface area contributed by atoms with Gasteiger partial charge in [-0.25, -0.2) is 4.98 Å². The Morgan fingerprint density at radius 3 is 2.48 bits per heavy atom. The summed E-state index contributed by atoms with van der Waals surface area (Å²) in [5, 5.41) is -0.269. The zero-order chi connectivity index (χ0) is 15.6. The standard InChI is InChI=1S/C13H10ClF3N2O2/c1-20-10-3-2-8(18)5-11(10)21-12-9(14)4-7(6-19-12)13(15,16)17/h2-6H,18H2,1H3. The Balaban J connectivity index is 2.34. The molecule has 0 atom stereocenters. The molecule has 2 aromatic rings. The molecule has 2 rings (SSSR count). The topological polar surface area (TPSA) is 57.4 Å². The molecule has 0 bridgehead atoms. The molecule has 112 valence electrons. The van der Waals surface area contributed by atoms with Crippen LogP contribution in [0.25, 0.3) is 0 Å². The van der Waals surface area contributed by atoms with Crippen molar-refractivity contribution in [1.29, 1.82) is 0 Å². The molecule has 0 aliphatic carbocycles. The molecular weight excluding hydrogens is 309 g/mol. The summed E-state index contributed by atoms with van der Waals surface area (Å²) >= 11 is 5.76. The van der Waals surface area contributed by atoms with Gasteiger partial charge in [-0.2, -0.15) is 13.2 Å². The maximum atomic E-state index is 12.5. The van der Waals surface area contributed by atoms with Crippen LogP contribution in [0.1, 0.15) is 5.56 Å². The lowest BCUT2D eigenvalue weighted by atomic mass is 10.2. The first-order valence-corrected chi connectivity index (χ1v) is 6.03. The summed E-state index contributed by atoms with van der Waals surface area (Å²) < 4.78 is 48.0. The number of halogens is 4. The van der Waals surface area contributed by atoms with E-state index in [9.17, 15) is 13.2 Å². The molecular formula is C13H10ClF3N2O2. The van der Waals surface area contributed by atoms with E-state index in [1.165, 1.54) is 13.2 Å². The Morgan fingerprint density at radius 2 is 1.90 bits per heavy atom. The fourth-order valence-electron chi connectivity index (χ4n) is 1.53. The molecule has 0 saturated carbocycles. The molecule has 4 nitrogen and oxygen atoms in total. The fourth-order valence-corrected chi connectivity index (χ4v) is 1.74. The number of hydrogen-bond donors (Lipinski definition) is 1. The Kier molecular flexibility index (Phi) is 4.13. The van der Waals surface area contributed by atoms with E-state index in [0.717, 1.165) is 6.07 Å². The van der Waals surface area contributed by atoms with Crippen molar-refractivity contribution in [3.05, 3.63) is 41.0 Å². The molecule has 0 aliphatic heterocycles. The normalized spacial score (nSPS) is 11.3. The monoisotopic (exact) mass is 318 g/mol. The van der Waals surface area contributed by atoms with E-state index < -0.39 is 11.7 Å². The molecule has 0 amide bonds. The molecule has 2 N–H and O–H groups in total. The van der Waals surface area contributed by atoms with Crippen LogP contribution in [0.4, 0.5) is 18.9 Å².